The van der Waals surface area contributed by atoms with Gasteiger partial charge in [-0.2, -0.15) is 17.5 Å². The summed E-state index contributed by atoms with van der Waals surface area (Å²) < 4.78 is 66.2. The van der Waals surface area contributed by atoms with Crippen molar-refractivity contribution < 1.29 is 31.5 Å². The Labute approximate surface area is 218 Å². The Morgan fingerprint density at radius 2 is 1.59 bits per heavy atom. The third kappa shape index (κ3) is 7.32. The summed E-state index contributed by atoms with van der Waals surface area (Å²) in [6, 6.07) is 20.3. The van der Waals surface area contributed by atoms with Gasteiger partial charge in [-0.3, -0.25) is 4.79 Å². The molecule has 3 aromatic rings. The van der Waals surface area contributed by atoms with Crippen LogP contribution in [0.3, 0.4) is 0 Å². The van der Waals surface area contributed by atoms with Gasteiger partial charge in [-0.15, -0.1) is 0 Å². The van der Waals surface area contributed by atoms with Crippen molar-refractivity contribution in [2.24, 2.45) is 0 Å². The van der Waals surface area contributed by atoms with Gasteiger partial charge in [0, 0.05) is 17.1 Å². The third-order valence-corrected chi connectivity index (χ3v) is 7.85. The maximum Gasteiger partial charge on any atom is 0.416 e. The van der Waals surface area contributed by atoms with Crippen molar-refractivity contribution in [3.63, 3.8) is 0 Å². The molecule has 198 valence electrons. The van der Waals surface area contributed by atoms with E-state index in [1.165, 1.54) is 40.7 Å². The van der Waals surface area contributed by atoms with Gasteiger partial charge >= 0.3 is 6.18 Å². The first kappa shape index (κ1) is 28.6. The summed E-state index contributed by atoms with van der Waals surface area (Å²) in [4.78, 5) is 12.3. The number of aliphatic hydroxyl groups is 1. The summed E-state index contributed by atoms with van der Waals surface area (Å²) in [5.74, 6) is -0.795. The van der Waals surface area contributed by atoms with Crippen molar-refractivity contribution in [2.75, 3.05) is 6.54 Å². The van der Waals surface area contributed by atoms with Crippen LogP contribution in [-0.4, -0.2) is 42.6 Å². The van der Waals surface area contributed by atoms with E-state index in [1.54, 1.807) is 42.5 Å². The highest BCUT2D eigenvalue weighted by Crippen LogP contribution is 2.32. The Kier molecular flexibility index (Phi) is 9.36. The number of hydrogen-bond donors (Lipinski definition) is 2. The molecule has 0 fully saturated rings. The average Bonchev–Trinajstić information content (AvgIpc) is 2.88. The first-order valence-electron chi connectivity index (χ1n) is 11.4. The van der Waals surface area contributed by atoms with E-state index >= 15 is 0 Å². The fourth-order valence-electron chi connectivity index (χ4n) is 3.73. The molecule has 2 N–H and O–H groups in total. The number of carbonyl (C=O) groups excluding carboxylic acids is 1. The largest absolute Gasteiger partial charge is 0.416 e. The van der Waals surface area contributed by atoms with Gasteiger partial charge in [0.25, 0.3) is 5.91 Å². The van der Waals surface area contributed by atoms with Gasteiger partial charge < -0.3 is 10.4 Å². The van der Waals surface area contributed by atoms with Crippen LogP contribution >= 0.6 is 11.6 Å². The van der Waals surface area contributed by atoms with E-state index in [4.69, 9.17) is 16.7 Å². The Morgan fingerprint density at radius 1 is 1.00 bits per heavy atom. The summed E-state index contributed by atoms with van der Waals surface area (Å²) in [7, 11) is -3.94. The maximum atomic E-state index is 13.7. The summed E-state index contributed by atoms with van der Waals surface area (Å²) >= 11 is 6.02. The molecular weight excluding hydrogens is 529 g/mol. The summed E-state index contributed by atoms with van der Waals surface area (Å²) in [5, 5.41) is 11.6. The van der Waals surface area contributed by atoms with Crippen molar-refractivity contribution in [3.8, 4) is 0 Å². The van der Waals surface area contributed by atoms with E-state index in [-0.39, 0.29) is 17.0 Å². The number of aliphatic hydroxyl groups excluding tert-OH is 1. The Hall–Kier alpha value is -2.92. The lowest BCUT2D eigenvalue weighted by atomic mass is 10.0. The zero-order valence-electron chi connectivity index (χ0n) is 19.8. The highest BCUT2D eigenvalue weighted by molar-refractivity contribution is 7.89. The smallest absolute Gasteiger partial charge is 0.382 e. The zero-order valence-corrected chi connectivity index (χ0v) is 21.4. The third-order valence-electron chi connectivity index (χ3n) is 5.73. The number of amides is 1. The average molecular weight is 555 g/mol. The van der Waals surface area contributed by atoms with E-state index in [2.05, 4.69) is 0 Å². The SMILES string of the molecule is CC[C@@H](c1ccc(Cl)cc1)N(Cc1ccc(C(=O)NCC(O)C(F)(F)F)cc1)S(=O)(=O)c1ccccc1. The molecule has 0 bridgehead atoms. The van der Waals surface area contributed by atoms with Gasteiger partial charge in [0.05, 0.1) is 17.5 Å². The van der Waals surface area contributed by atoms with Gasteiger partial charge in [0.1, 0.15) is 0 Å². The molecule has 1 amide bonds. The lowest BCUT2D eigenvalue weighted by Gasteiger charge is -2.31. The quantitative estimate of drug-likeness (QED) is 0.354. The lowest BCUT2D eigenvalue weighted by molar-refractivity contribution is -0.201. The number of alkyl halides is 3. The molecule has 2 atom stereocenters. The van der Waals surface area contributed by atoms with E-state index in [0.717, 1.165) is 5.56 Å². The Morgan fingerprint density at radius 3 is 2.14 bits per heavy atom. The number of hydrogen-bond acceptors (Lipinski definition) is 4. The van der Waals surface area contributed by atoms with Crippen molar-refractivity contribution >= 4 is 27.5 Å². The lowest BCUT2D eigenvalue weighted by Crippen LogP contribution is -2.40. The number of sulfonamides is 1. The summed E-state index contributed by atoms with van der Waals surface area (Å²) in [6.45, 7) is 0.870. The van der Waals surface area contributed by atoms with Gasteiger partial charge in [-0.05, 0) is 53.9 Å². The second kappa shape index (κ2) is 12.1. The van der Waals surface area contributed by atoms with E-state index in [9.17, 15) is 26.4 Å². The standard InChI is InChI=1S/C26H26ClF3N2O4S/c1-2-23(19-12-14-21(27)15-13-19)32(37(35,36)22-6-4-3-5-7-22)17-18-8-10-20(11-9-18)25(34)31-16-24(33)26(28,29)30/h3-15,23-24,33H,2,16-17H2,1H3,(H,31,34)/t23-,24?/m0/s1. The number of benzene rings is 3. The molecule has 0 spiro atoms. The van der Waals surface area contributed by atoms with Gasteiger partial charge in [-0.1, -0.05) is 61.0 Å². The second-order valence-corrected chi connectivity index (χ2v) is 10.6. The van der Waals surface area contributed by atoms with Crippen LogP contribution in [0.15, 0.2) is 83.8 Å². The van der Waals surface area contributed by atoms with Crippen LogP contribution < -0.4 is 5.32 Å². The molecule has 0 aliphatic carbocycles. The molecule has 1 unspecified atom stereocenters. The van der Waals surface area contributed by atoms with Crippen LogP contribution in [0.4, 0.5) is 13.2 Å². The van der Waals surface area contributed by atoms with Crippen LogP contribution in [0.5, 0.6) is 0 Å². The summed E-state index contributed by atoms with van der Waals surface area (Å²) in [6.07, 6.45) is -7.05. The van der Waals surface area contributed by atoms with Crippen LogP contribution in [0.1, 0.15) is 40.9 Å². The molecule has 3 rings (SSSR count). The first-order chi connectivity index (χ1) is 17.4. The van der Waals surface area contributed by atoms with Crippen molar-refractivity contribution in [2.45, 2.75) is 43.1 Å². The molecule has 11 heteroatoms. The molecule has 0 radical (unpaired) electrons. The predicted octanol–water partition coefficient (Wildman–Crippen LogP) is 5.34. The van der Waals surface area contributed by atoms with Gasteiger partial charge in [0.15, 0.2) is 6.10 Å². The molecular formula is C26H26ClF3N2O4S. The van der Waals surface area contributed by atoms with E-state index < -0.39 is 40.8 Å². The van der Waals surface area contributed by atoms with Gasteiger partial charge in [0.2, 0.25) is 10.0 Å². The molecule has 37 heavy (non-hydrogen) atoms. The van der Waals surface area contributed by atoms with Crippen molar-refractivity contribution in [1.29, 1.82) is 0 Å². The van der Waals surface area contributed by atoms with Crippen molar-refractivity contribution in [3.05, 3.63) is 101 Å². The minimum Gasteiger partial charge on any atom is -0.382 e. The Bertz CT molecular complexity index is 1290. The highest BCUT2D eigenvalue weighted by atomic mass is 35.5. The number of halogens is 4. The van der Waals surface area contributed by atoms with E-state index in [0.29, 0.717) is 17.0 Å². The van der Waals surface area contributed by atoms with Gasteiger partial charge in [-0.25, -0.2) is 8.42 Å². The minimum absolute atomic E-state index is 0.0208. The highest BCUT2D eigenvalue weighted by Gasteiger charge is 2.38. The van der Waals surface area contributed by atoms with E-state index in [1.807, 2.05) is 12.2 Å². The van der Waals surface area contributed by atoms with Crippen LogP contribution in [0.2, 0.25) is 5.02 Å². The second-order valence-electron chi connectivity index (χ2n) is 8.30. The minimum atomic E-state index is -4.84. The van der Waals surface area contributed by atoms with Crippen LogP contribution in [0, 0.1) is 0 Å². The number of carbonyl (C=O) groups is 1. The van der Waals surface area contributed by atoms with Crippen LogP contribution in [0.25, 0.3) is 0 Å². The molecule has 0 saturated carbocycles. The maximum absolute atomic E-state index is 13.7. The van der Waals surface area contributed by atoms with Crippen LogP contribution in [-0.2, 0) is 16.6 Å². The number of nitrogens with zero attached hydrogens (tertiary/aromatic N) is 1. The molecule has 3 aromatic carbocycles. The molecule has 0 heterocycles. The molecule has 0 aliphatic heterocycles. The number of rotatable bonds is 10. The predicted molar refractivity (Wildman–Crippen MR) is 134 cm³/mol. The number of nitrogens with one attached hydrogen (secondary N) is 1. The normalized spacial score (nSPS) is 13.8. The fraction of sp³-hybridized carbons (Fsp3) is 0.269. The molecule has 0 aromatic heterocycles. The van der Waals surface area contributed by atoms with Crippen molar-refractivity contribution in [1.82, 2.24) is 9.62 Å². The molecule has 0 saturated heterocycles. The summed E-state index contributed by atoms with van der Waals surface area (Å²) in [5.41, 5.74) is 1.39. The fourth-order valence-corrected chi connectivity index (χ4v) is 5.55. The Balaban J connectivity index is 1.88. The molecule has 6 nitrogen and oxygen atoms in total. The monoisotopic (exact) mass is 554 g/mol. The topological polar surface area (TPSA) is 86.7 Å². The zero-order chi connectivity index (χ0) is 27.2. The molecule has 0 aliphatic rings. The first-order valence-corrected chi connectivity index (χ1v) is 13.2.